The van der Waals surface area contributed by atoms with E-state index >= 15 is 0 Å². The van der Waals surface area contributed by atoms with Crippen molar-refractivity contribution in [3.05, 3.63) is 11.1 Å². The SMILES string of the molecule is CC(C)COC(=O)C1(C)CCC2=C(C1)C(C)(C)CCC2. The summed E-state index contributed by atoms with van der Waals surface area (Å²) in [6, 6.07) is 0. The lowest BCUT2D eigenvalue weighted by molar-refractivity contribution is -0.157. The molecule has 0 amide bonds. The molecule has 2 aliphatic carbocycles. The molecule has 0 saturated heterocycles. The number of carbonyl (C=O) groups is 1. The molecule has 0 bridgehead atoms. The van der Waals surface area contributed by atoms with Gasteiger partial charge in [-0.25, -0.2) is 0 Å². The fourth-order valence-corrected chi connectivity index (χ4v) is 3.66. The average molecular weight is 278 g/mol. The van der Waals surface area contributed by atoms with Crippen molar-refractivity contribution in [2.24, 2.45) is 16.7 Å². The first kappa shape index (κ1) is 15.6. The molecule has 1 unspecified atom stereocenters. The lowest BCUT2D eigenvalue weighted by Crippen LogP contribution is -2.37. The van der Waals surface area contributed by atoms with Gasteiger partial charge in [0.2, 0.25) is 0 Å². The van der Waals surface area contributed by atoms with Crippen molar-refractivity contribution in [1.29, 1.82) is 0 Å². The van der Waals surface area contributed by atoms with Gasteiger partial charge in [-0.1, -0.05) is 38.8 Å². The molecular weight excluding hydrogens is 248 g/mol. The Balaban J connectivity index is 2.13. The fourth-order valence-electron chi connectivity index (χ4n) is 3.66. The van der Waals surface area contributed by atoms with Gasteiger partial charge in [0.25, 0.3) is 0 Å². The van der Waals surface area contributed by atoms with Crippen LogP contribution >= 0.6 is 0 Å². The van der Waals surface area contributed by atoms with Crippen LogP contribution < -0.4 is 0 Å². The van der Waals surface area contributed by atoms with Gasteiger partial charge >= 0.3 is 5.97 Å². The molecule has 0 aromatic heterocycles. The third kappa shape index (κ3) is 3.10. The number of rotatable bonds is 3. The minimum atomic E-state index is -0.303. The Morgan fingerprint density at radius 3 is 2.55 bits per heavy atom. The third-order valence-corrected chi connectivity index (χ3v) is 5.11. The molecule has 0 aromatic rings. The largest absolute Gasteiger partial charge is 0.465 e. The second kappa shape index (κ2) is 5.54. The highest BCUT2D eigenvalue weighted by Gasteiger charge is 2.43. The van der Waals surface area contributed by atoms with Crippen LogP contribution in [-0.4, -0.2) is 12.6 Å². The first-order valence-corrected chi connectivity index (χ1v) is 8.13. The molecule has 0 fully saturated rings. The van der Waals surface area contributed by atoms with Gasteiger partial charge in [-0.2, -0.15) is 0 Å². The van der Waals surface area contributed by atoms with Crippen molar-refractivity contribution in [3.63, 3.8) is 0 Å². The highest BCUT2D eigenvalue weighted by atomic mass is 16.5. The lowest BCUT2D eigenvalue weighted by Gasteiger charge is -2.43. The number of hydrogen-bond acceptors (Lipinski definition) is 2. The van der Waals surface area contributed by atoms with Crippen LogP contribution in [0.2, 0.25) is 0 Å². The van der Waals surface area contributed by atoms with Crippen LogP contribution in [-0.2, 0) is 9.53 Å². The molecular formula is C18H30O2. The van der Waals surface area contributed by atoms with Gasteiger partial charge in [-0.05, 0) is 56.8 Å². The Morgan fingerprint density at radius 2 is 1.90 bits per heavy atom. The molecule has 2 heteroatoms. The number of esters is 1. The number of allylic oxidation sites excluding steroid dienone is 2. The average Bonchev–Trinajstić information content (AvgIpc) is 2.36. The van der Waals surface area contributed by atoms with E-state index in [4.69, 9.17) is 4.74 Å². The van der Waals surface area contributed by atoms with Gasteiger partial charge in [0, 0.05) is 0 Å². The summed E-state index contributed by atoms with van der Waals surface area (Å²) in [5, 5.41) is 0. The summed E-state index contributed by atoms with van der Waals surface area (Å²) in [6.45, 7) is 11.5. The maximum atomic E-state index is 12.5. The van der Waals surface area contributed by atoms with Crippen molar-refractivity contribution < 1.29 is 9.53 Å². The van der Waals surface area contributed by atoms with Crippen molar-refractivity contribution in [2.75, 3.05) is 6.61 Å². The Bertz CT molecular complexity index is 417. The zero-order valence-electron chi connectivity index (χ0n) is 13.8. The summed E-state index contributed by atoms with van der Waals surface area (Å²) >= 11 is 0. The molecule has 114 valence electrons. The van der Waals surface area contributed by atoms with Crippen LogP contribution in [0.3, 0.4) is 0 Å². The molecule has 0 N–H and O–H groups in total. The minimum absolute atomic E-state index is 0.0131. The fraction of sp³-hybridized carbons (Fsp3) is 0.833. The van der Waals surface area contributed by atoms with Gasteiger partial charge in [0.15, 0.2) is 0 Å². The van der Waals surface area contributed by atoms with Gasteiger partial charge in [-0.3, -0.25) is 4.79 Å². The Morgan fingerprint density at radius 1 is 1.20 bits per heavy atom. The molecule has 2 nitrogen and oxygen atoms in total. The highest BCUT2D eigenvalue weighted by Crippen LogP contribution is 2.51. The summed E-state index contributed by atoms with van der Waals surface area (Å²) in [4.78, 5) is 12.5. The Kier molecular flexibility index (Phi) is 4.32. The number of carbonyl (C=O) groups excluding carboxylic acids is 1. The van der Waals surface area contributed by atoms with E-state index in [1.807, 2.05) is 0 Å². The predicted molar refractivity (Wildman–Crippen MR) is 82.4 cm³/mol. The monoisotopic (exact) mass is 278 g/mol. The van der Waals surface area contributed by atoms with Crippen LogP contribution in [0, 0.1) is 16.7 Å². The van der Waals surface area contributed by atoms with E-state index in [1.165, 1.54) is 19.3 Å². The maximum Gasteiger partial charge on any atom is 0.312 e. The smallest absolute Gasteiger partial charge is 0.312 e. The molecule has 1 atom stereocenters. The molecule has 0 aromatic carbocycles. The minimum Gasteiger partial charge on any atom is -0.465 e. The van der Waals surface area contributed by atoms with Gasteiger partial charge in [0.05, 0.1) is 12.0 Å². The Hall–Kier alpha value is -0.790. The molecule has 0 spiro atoms. The van der Waals surface area contributed by atoms with Crippen molar-refractivity contribution >= 4 is 5.97 Å². The molecule has 0 heterocycles. The van der Waals surface area contributed by atoms with Crippen LogP contribution in [0.1, 0.15) is 73.1 Å². The van der Waals surface area contributed by atoms with Crippen LogP contribution in [0.25, 0.3) is 0 Å². The summed E-state index contributed by atoms with van der Waals surface area (Å²) in [6.07, 6.45) is 6.76. The van der Waals surface area contributed by atoms with E-state index < -0.39 is 0 Å². The zero-order chi connectivity index (χ0) is 15.0. The predicted octanol–water partition coefficient (Wildman–Crippen LogP) is 4.88. The van der Waals surface area contributed by atoms with Crippen LogP contribution in [0.4, 0.5) is 0 Å². The molecule has 2 rings (SSSR count). The molecule has 0 aliphatic heterocycles. The normalized spacial score (nSPS) is 29.3. The second-order valence-electron chi connectivity index (χ2n) is 8.05. The maximum absolute atomic E-state index is 12.5. The standard InChI is InChI=1S/C18H30O2/c1-13(2)12-20-16(19)18(5)10-8-14-7-6-9-17(3,4)15(14)11-18/h13H,6-12H2,1-5H3. The van der Waals surface area contributed by atoms with Gasteiger partial charge in [0.1, 0.15) is 0 Å². The van der Waals surface area contributed by atoms with E-state index in [1.54, 1.807) is 11.1 Å². The zero-order valence-corrected chi connectivity index (χ0v) is 13.8. The van der Waals surface area contributed by atoms with Crippen LogP contribution in [0.5, 0.6) is 0 Å². The Labute approximate surface area is 124 Å². The van der Waals surface area contributed by atoms with Crippen molar-refractivity contribution in [2.45, 2.75) is 73.1 Å². The quantitative estimate of drug-likeness (QED) is 0.543. The third-order valence-electron chi connectivity index (χ3n) is 5.11. The van der Waals surface area contributed by atoms with Crippen LogP contribution in [0.15, 0.2) is 11.1 Å². The summed E-state index contributed by atoms with van der Waals surface area (Å²) < 4.78 is 5.53. The summed E-state index contributed by atoms with van der Waals surface area (Å²) in [5.41, 5.74) is 3.16. The highest BCUT2D eigenvalue weighted by molar-refractivity contribution is 5.77. The molecule has 20 heavy (non-hydrogen) atoms. The van der Waals surface area contributed by atoms with E-state index in [0.717, 1.165) is 19.3 Å². The molecule has 2 aliphatic rings. The summed E-state index contributed by atoms with van der Waals surface area (Å²) in [7, 11) is 0. The number of ether oxygens (including phenoxy) is 1. The first-order valence-electron chi connectivity index (χ1n) is 8.13. The van der Waals surface area contributed by atoms with Gasteiger partial charge < -0.3 is 4.74 Å². The van der Waals surface area contributed by atoms with Gasteiger partial charge in [-0.15, -0.1) is 0 Å². The topological polar surface area (TPSA) is 26.3 Å². The second-order valence-corrected chi connectivity index (χ2v) is 8.05. The van der Waals surface area contributed by atoms with Crippen molar-refractivity contribution in [3.8, 4) is 0 Å². The van der Waals surface area contributed by atoms with E-state index in [2.05, 4.69) is 34.6 Å². The van der Waals surface area contributed by atoms with Crippen molar-refractivity contribution in [1.82, 2.24) is 0 Å². The van der Waals surface area contributed by atoms with E-state index in [0.29, 0.717) is 12.5 Å². The molecule has 0 saturated carbocycles. The first-order chi connectivity index (χ1) is 9.24. The van der Waals surface area contributed by atoms with E-state index in [9.17, 15) is 4.79 Å². The number of hydrogen-bond donors (Lipinski definition) is 0. The van der Waals surface area contributed by atoms with E-state index in [-0.39, 0.29) is 16.8 Å². The summed E-state index contributed by atoms with van der Waals surface area (Å²) in [5.74, 6) is 0.422. The lowest BCUT2D eigenvalue weighted by atomic mass is 9.61. The molecule has 0 radical (unpaired) electrons.